The molecule has 2 aliphatic rings. The van der Waals surface area contributed by atoms with Crippen LogP contribution in [-0.4, -0.2) is 37.1 Å². The topological polar surface area (TPSA) is 15.3 Å². The molecule has 1 heterocycles. The van der Waals surface area contributed by atoms with E-state index >= 15 is 0 Å². The average Bonchev–Trinajstić information content (AvgIpc) is 2.79. The molecule has 0 spiro atoms. The molecule has 1 aliphatic heterocycles. The predicted molar refractivity (Wildman–Crippen MR) is 88.1 cm³/mol. The first-order chi connectivity index (χ1) is 9.83. The van der Waals surface area contributed by atoms with E-state index in [0.717, 1.165) is 17.9 Å². The quantitative estimate of drug-likeness (QED) is 0.756. The Morgan fingerprint density at radius 1 is 1.00 bits per heavy atom. The second-order valence-corrected chi connectivity index (χ2v) is 7.09. The van der Waals surface area contributed by atoms with Gasteiger partial charge in [0, 0.05) is 6.04 Å². The van der Waals surface area contributed by atoms with Gasteiger partial charge in [0.15, 0.2) is 0 Å². The van der Waals surface area contributed by atoms with Gasteiger partial charge in [-0.1, -0.05) is 26.7 Å². The number of nitrogens with zero attached hydrogens (tertiary/aromatic N) is 1. The highest BCUT2D eigenvalue weighted by atomic mass is 15.1. The van der Waals surface area contributed by atoms with Crippen molar-refractivity contribution in [3.63, 3.8) is 0 Å². The molecule has 1 aliphatic carbocycles. The Kier molecular flexibility index (Phi) is 7.37. The molecule has 2 nitrogen and oxygen atoms in total. The number of likely N-dealkylation sites (tertiary alicyclic amines) is 1. The van der Waals surface area contributed by atoms with Gasteiger partial charge in [-0.2, -0.15) is 0 Å². The van der Waals surface area contributed by atoms with E-state index < -0.39 is 0 Å². The summed E-state index contributed by atoms with van der Waals surface area (Å²) in [4.78, 5) is 2.75. The standard InChI is InChI=1S/C18H36N2/c1-3-12-19-18-9-5-8-17(18)11-15-20-13-6-7-16(4-2)10-14-20/h16-19H,3-15H2,1-2H3. The Morgan fingerprint density at radius 3 is 2.70 bits per heavy atom. The predicted octanol–water partition coefficient (Wildman–Crippen LogP) is 4.06. The third kappa shape index (κ3) is 5.04. The molecule has 2 fully saturated rings. The van der Waals surface area contributed by atoms with Crippen LogP contribution in [0.4, 0.5) is 0 Å². The van der Waals surface area contributed by atoms with Crippen LogP contribution in [0.15, 0.2) is 0 Å². The molecule has 118 valence electrons. The maximum Gasteiger partial charge on any atom is 0.00958 e. The number of rotatable bonds is 7. The molecule has 1 N–H and O–H groups in total. The first-order valence-corrected chi connectivity index (χ1v) is 9.29. The summed E-state index contributed by atoms with van der Waals surface area (Å²) in [5.41, 5.74) is 0. The minimum atomic E-state index is 0.824. The Morgan fingerprint density at radius 2 is 1.90 bits per heavy atom. The summed E-state index contributed by atoms with van der Waals surface area (Å²) >= 11 is 0. The van der Waals surface area contributed by atoms with E-state index in [1.807, 2.05) is 0 Å². The van der Waals surface area contributed by atoms with Crippen LogP contribution in [0.1, 0.15) is 71.6 Å². The lowest BCUT2D eigenvalue weighted by Crippen LogP contribution is -2.35. The molecule has 0 aromatic rings. The van der Waals surface area contributed by atoms with Crippen molar-refractivity contribution in [3.05, 3.63) is 0 Å². The Bertz CT molecular complexity index is 254. The summed E-state index contributed by atoms with van der Waals surface area (Å²) in [6.07, 6.45) is 12.8. The largest absolute Gasteiger partial charge is 0.314 e. The summed E-state index contributed by atoms with van der Waals surface area (Å²) in [6, 6.07) is 0.824. The average molecular weight is 280 g/mol. The molecular formula is C18H36N2. The van der Waals surface area contributed by atoms with Gasteiger partial charge in [0.2, 0.25) is 0 Å². The molecular weight excluding hydrogens is 244 g/mol. The maximum absolute atomic E-state index is 3.78. The molecule has 0 aromatic carbocycles. The summed E-state index contributed by atoms with van der Waals surface area (Å²) in [6.45, 7) is 9.92. The lowest BCUT2D eigenvalue weighted by atomic mass is 9.98. The van der Waals surface area contributed by atoms with Gasteiger partial charge in [-0.25, -0.2) is 0 Å². The number of nitrogens with one attached hydrogen (secondary N) is 1. The minimum absolute atomic E-state index is 0.824. The second-order valence-electron chi connectivity index (χ2n) is 7.09. The number of hydrogen-bond donors (Lipinski definition) is 1. The Balaban J connectivity index is 1.68. The normalized spacial score (nSPS) is 32.4. The highest BCUT2D eigenvalue weighted by Gasteiger charge is 2.27. The van der Waals surface area contributed by atoms with Crippen LogP contribution in [0.25, 0.3) is 0 Å². The van der Waals surface area contributed by atoms with Crippen molar-refractivity contribution in [2.45, 2.75) is 77.7 Å². The highest BCUT2D eigenvalue weighted by molar-refractivity contribution is 4.84. The van der Waals surface area contributed by atoms with Crippen molar-refractivity contribution in [1.29, 1.82) is 0 Å². The van der Waals surface area contributed by atoms with Crippen LogP contribution in [0, 0.1) is 11.8 Å². The van der Waals surface area contributed by atoms with Gasteiger partial charge in [-0.05, 0) is 83.0 Å². The summed E-state index contributed by atoms with van der Waals surface area (Å²) in [5, 5.41) is 3.78. The SMILES string of the molecule is CCCNC1CCCC1CCN1CCCC(CC)CC1. The molecule has 1 saturated heterocycles. The fourth-order valence-corrected chi connectivity index (χ4v) is 4.19. The molecule has 20 heavy (non-hydrogen) atoms. The molecule has 2 rings (SSSR count). The Hall–Kier alpha value is -0.0800. The molecule has 2 heteroatoms. The van der Waals surface area contributed by atoms with Gasteiger partial charge in [0.25, 0.3) is 0 Å². The molecule has 0 aromatic heterocycles. The van der Waals surface area contributed by atoms with Crippen LogP contribution in [0.2, 0.25) is 0 Å². The van der Waals surface area contributed by atoms with E-state index in [4.69, 9.17) is 0 Å². The Labute approximate surface area is 126 Å². The smallest absolute Gasteiger partial charge is 0.00958 e. The van der Waals surface area contributed by atoms with E-state index in [1.165, 1.54) is 84.0 Å². The van der Waals surface area contributed by atoms with Gasteiger partial charge in [0.05, 0.1) is 0 Å². The summed E-state index contributed by atoms with van der Waals surface area (Å²) in [5.74, 6) is 1.96. The summed E-state index contributed by atoms with van der Waals surface area (Å²) in [7, 11) is 0. The van der Waals surface area contributed by atoms with E-state index in [9.17, 15) is 0 Å². The van der Waals surface area contributed by atoms with Crippen molar-refractivity contribution >= 4 is 0 Å². The van der Waals surface area contributed by atoms with E-state index in [-0.39, 0.29) is 0 Å². The van der Waals surface area contributed by atoms with E-state index in [2.05, 4.69) is 24.1 Å². The van der Waals surface area contributed by atoms with Crippen LogP contribution in [0.5, 0.6) is 0 Å². The second kappa shape index (κ2) is 9.04. The van der Waals surface area contributed by atoms with E-state index in [0.29, 0.717) is 0 Å². The van der Waals surface area contributed by atoms with Crippen LogP contribution >= 0.6 is 0 Å². The van der Waals surface area contributed by atoms with Crippen LogP contribution in [0.3, 0.4) is 0 Å². The fourth-order valence-electron chi connectivity index (χ4n) is 4.19. The van der Waals surface area contributed by atoms with Crippen LogP contribution in [-0.2, 0) is 0 Å². The fraction of sp³-hybridized carbons (Fsp3) is 1.00. The molecule has 1 saturated carbocycles. The van der Waals surface area contributed by atoms with E-state index in [1.54, 1.807) is 0 Å². The van der Waals surface area contributed by atoms with Crippen molar-refractivity contribution < 1.29 is 0 Å². The molecule has 0 bridgehead atoms. The first kappa shape index (κ1) is 16.3. The number of hydrogen-bond acceptors (Lipinski definition) is 2. The summed E-state index contributed by atoms with van der Waals surface area (Å²) < 4.78 is 0. The lowest BCUT2D eigenvalue weighted by Gasteiger charge is -2.25. The highest BCUT2D eigenvalue weighted by Crippen LogP contribution is 2.29. The van der Waals surface area contributed by atoms with Gasteiger partial charge >= 0.3 is 0 Å². The van der Waals surface area contributed by atoms with Crippen LogP contribution < -0.4 is 5.32 Å². The van der Waals surface area contributed by atoms with Gasteiger partial charge < -0.3 is 10.2 Å². The van der Waals surface area contributed by atoms with Gasteiger partial charge in [-0.3, -0.25) is 0 Å². The zero-order chi connectivity index (χ0) is 14.2. The monoisotopic (exact) mass is 280 g/mol. The third-order valence-corrected chi connectivity index (χ3v) is 5.65. The molecule has 0 amide bonds. The van der Waals surface area contributed by atoms with Gasteiger partial charge in [-0.15, -0.1) is 0 Å². The van der Waals surface area contributed by atoms with Crippen molar-refractivity contribution in [2.75, 3.05) is 26.2 Å². The minimum Gasteiger partial charge on any atom is -0.314 e. The first-order valence-electron chi connectivity index (χ1n) is 9.29. The zero-order valence-electron chi connectivity index (χ0n) is 13.9. The van der Waals surface area contributed by atoms with Crippen molar-refractivity contribution in [3.8, 4) is 0 Å². The molecule has 3 unspecified atom stereocenters. The maximum atomic E-state index is 3.78. The van der Waals surface area contributed by atoms with Crippen molar-refractivity contribution in [2.24, 2.45) is 11.8 Å². The lowest BCUT2D eigenvalue weighted by molar-refractivity contribution is 0.245. The molecule has 0 radical (unpaired) electrons. The van der Waals surface area contributed by atoms with Gasteiger partial charge in [0.1, 0.15) is 0 Å². The third-order valence-electron chi connectivity index (χ3n) is 5.65. The molecule has 3 atom stereocenters. The van der Waals surface area contributed by atoms with Crippen molar-refractivity contribution in [1.82, 2.24) is 10.2 Å². The zero-order valence-corrected chi connectivity index (χ0v) is 13.9.